The fourth-order valence-corrected chi connectivity index (χ4v) is 3.33. The molecule has 2 rings (SSSR count). The summed E-state index contributed by atoms with van der Waals surface area (Å²) in [6, 6.07) is 4.31. The van der Waals surface area contributed by atoms with Gasteiger partial charge in [0.25, 0.3) is 0 Å². The second-order valence-corrected chi connectivity index (χ2v) is 6.23. The topological polar surface area (TPSA) is 46.3 Å². The van der Waals surface area contributed by atoms with E-state index in [1.165, 1.54) is 4.88 Å². The van der Waals surface area contributed by atoms with Crippen LogP contribution >= 0.6 is 11.3 Å². The molecule has 4 heteroatoms. The number of carbonyl (C=O) groups excluding carboxylic acids is 1. The lowest BCUT2D eigenvalue weighted by Crippen LogP contribution is -2.39. The Labute approximate surface area is 113 Å². The van der Waals surface area contributed by atoms with Gasteiger partial charge in [0.2, 0.25) is 5.91 Å². The summed E-state index contributed by atoms with van der Waals surface area (Å²) in [6.07, 6.45) is 3.36. The van der Waals surface area contributed by atoms with Crippen LogP contribution in [0.4, 0.5) is 0 Å². The minimum absolute atomic E-state index is 0.0319. The molecule has 1 saturated heterocycles. The zero-order chi connectivity index (χ0) is 13.0. The van der Waals surface area contributed by atoms with Gasteiger partial charge in [-0.3, -0.25) is 4.79 Å². The van der Waals surface area contributed by atoms with Crippen LogP contribution in [0, 0.1) is 11.8 Å². The summed E-state index contributed by atoms with van der Waals surface area (Å²) in [7, 11) is 0. The van der Waals surface area contributed by atoms with E-state index in [1.54, 1.807) is 0 Å². The Balaban J connectivity index is 1.72. The molecule has 1 aromatic rings. The molecular formula is C14H22N2OS. The van der Waals surface area contributed by atoms with Crippen LogP contribution in [0.1, 0.15) is 24.6 Å². The molecule has 0 saturated carbocycles. The standard InChI is InChI=1S/C14H22N2OS/c1-11(14(15)17)12-4-7-16(8-5-12)9-6-13-3-2-10-18-13/h2-3,10-12H,4-9H2,1H3,(H2,15,17). The Kier molecular flexibility index (Phi) is 4.78. The molecule has 1 fully saturated rings. The first-order chi connectivity index (χ1) is 8.66. The van der Waals surface area contributed by atoms with E-state index in [-0.39, 0.29) is 11.8 Å². The van der Waals surface area contributed by atoms with Crippen LogP contribution in [0.25, 0.3) is 0 Å². The SMILES string of the molecule is CC(C(N)=O)C1CCN(CCc2cccs2)CC1. The molecule has 0 aromatic carbocycles. The van der Waals surface area contributed by atoms with E-state index in [4.69, 9.17) is 5.73 Å². The predicted octanol–water partition coefficient (Wildman–Crippen LogP) is 2.12. The summed E-state index contributed by atoms with van der Waals surface area (Å²) in [5, 5.41) is 2.14. The molecule has 1 atom stereocenters. The van der Waals surface area contributed by atoms with Gasteiger partial charge in [0.15, 0.2) is 0 Å². The number of nitrogens with zero attached hydrogens (tertiary/aromatic N) is 1. The first kappa shape index (κ1) is 13.6. The minimum Gasteiger partial charge on any atom is -0.369 e. The fraction of sp³-hybridized carbons (Fsp3) is 0.643. The number of thiophene rings is 1. The molecular weight excluding hydrogens is 244 g/mol. The molecule has 1 aliphatic rings. The average Bonchev–Trinajstić information content (AvgIpc) is 2.89. The molecule has 1 unspecified atom stereocenters. The van der Waals surface area contributed by atoms with Crippen molar-refractivity contribution in [1.82, 2.24) is 4.90 Å². The molecule has 1 amide bonds. The molecule has 1 aromatic heterocycles. The van der Waals surface area contributed by atoms with E-state index < -0.39 is 0 Å². The Morgan fingerprint density at radius 2 is 2.28 bits per heavy atom. The Morgan fingerprint density at radius 3 is 2.83 bits per heavy atom. The van der Waals surface area contributed by atoms with Gasteiger partial charge in [-0.2, -0.15) is 0 Å². The molecule has 0 spiro atoms. The van der Waals surface area contributed by atoms with E-state index in [0.29, 0.717) is 5.92 Å². The largest absolute Gasteiger partial charge is 0.369 e. The van der Waals surface area contributed by atoms with Crippen LogP contribution in [-0.4, -0.2) is 30.4 Å². The number of primary amides is 1. The maximum Gasteiger partial charge on any atom is 0.220 e. The number of hydrogen-bond donors (Lipinski definition) is 1. The van der Waals surface area contributed by atoms with Crippen molar-refractivity contribution in [3.05, 3.63) is 22.4 Å². The van der Waals surface area contributed by atoms with Crippen molar-refractivity contribution in [3.63, 3.8) is 0 Å². The van der Waals surface area contributed by atoms with Gasteiger partial charge in [0, 0.05) is 17.3 Å². The molecule has 3 nitrogen and oxygen atoms in total. The van der Waals surface area contributed by atoms with Gasteiger partial charge < -0.3 is 10.6 Å². The number of hydrogen-bond acceptors (Lipinski definition) is 3. The summed E-state index contributed by atoms with van der Waals surface area (Å²) in [4.78, 5) is 15.1. The molecule has 2 heterocycles. The number of nitrogens with two attached hydrogens (primary N) is 1. The highest BCUT2D eigenvalue weighted by atomic mass is 32.1. The first-order valence-corrected chi connectivity index (χ1v) is 7.59. The Hall–Kier alpha value is -0.870. The van der Waals surface area contributed by atoms with Crippen LogP contribution in [0.5, 0.6) is 0 Å². The van der Waals surface area contributed by atoms with E-state index in [2.05, 4.69) is 22.4 Å². The van der Waals surface area contributed by atoms with E-state index in [9.17, 15) is 4.79 Å². The molecule has 0 radical (unpaired) electrons. The van der Waals surface area contributed by atoms with Gasteiger partial charge in [0.1, 0.15) is 0 Å². The highest BCUT2D eigenvalue weighted by Gasteiger charge is 2.26. The van der Waals surface area contributed by atoms with Gasteiger partial charge in [0.05, 0.1) is 0 Å². The molecule has 0 bridgehead atoms. The highest BCUT2D eigenvalue weighted by molar-refractivity contribution is 7.09. The number of amides is 1. The predicted molar refractivity (Wildman–Crippen MR) is 75.5 cm³/mol. The maximum atomic E-state index is 11.2. The van der Waals surface area contributed by atoms with Crippen molar-refractivity contribution in [1.29, 1.82) is 0 Å². The zero-order valence-electron chi connectivity index (χ0n) is 11.0. The van der Waals surface area contributed by atoms with Gasteiger partial charge >= 0.3 is 0 Å². The van der Waals surface area contributed by atoms with Crippen molar-refractivity contribution in [2.24, 2.45) is 17.6 Å². The molecule has 1 aliphatic heterocycles. The van der Waals surface area contributed by atoms with Crippen molar-refractivity contribution < 1.29 is 4.79 Å². The number of likely N-dealkylation sites (tertiary alicyclic amines) is 1. The Bertz CT molecular complexity index is 369. The Morgan fingerprint density at radius 1 is 1.56 bits per heavy atom. The zero-order valence-corrected chi connectivity index (χ0v) is 11.8. The van der Waals surface area contributed by atoms with Crippen LogP contribution in [-0.2, 0) is 11.2 Å². The smallest absolute Gasteiger partial charge is 0.220 e. The van der Waals surface area contributed by atoms with Gasteiger partial charge in [-0.1, -0.05) is 13.0 Å². The average molecular weight is 266 g/mol. The lowest BCUT2D eigenvalue weighted by molar-refractivity contribution is -0.123. The quantitative estimate of drug-likeness (QED) is 0.887. The third-order valence-corrected chi connectivity index (χ3v) is 4.98. The van der Waals surface area contributed by atoms with Crippen molar-refractivity contribution in [2.75, 3.05) is 19.6 Å². The van der Waals surface area contributed by atoms with Crippen molar-refractivity contribution >= 4 is 17.2 Å². The van der Waals surface area contributed by atoms with E-state index >= 15 is 0 Å². The monoisotopic (exact) mass is 266 g/mol. The summed E-state index contributed by atoms with van der Waals surface area (Å²) in [6.45, 7) is 5.31. The highest BCUT2D eigenvalue weighted by Crippen LogP contribution is 2.24. The third-order valence-electron chi connectivity index (χ3n) is 4.04. The number of carbonyl (C=O) groups is 1. The van der Waals surface area contributed by atoms with Crippen LogP contribution in [0.3, 0.4) is 0 Å². The molecule has 2 N–H and O–H groups in total. The number of rotatable bonds is 5. The number of piperidine rings is 1. The normalized spacial score (nSPS) is 19.8. The second-order valence-electron chi connectivity index (χ2n) is 5.20. The minimum atomic E-state index is -0.146. The lowest BCUT2D eigenvalue weighted by atomic mass is 9.85. The van der Waals surface area contributed by atoms with Crippen LogP contribution < -0.4 is 5.73 Å². The summed E-state index contributed by atoms with van der Waals surface area (Å²) < 4.78 is 0. The summed E-state index contributed by atoms with van der Waals surface area (Å²) in [5.74, 6) is 0.372. The molecule has 100 valence electrons. The maximum absolute atomic E-state index is 11.2. The van der Waals surface area contributed by atoms with Gasteiger partial charge in [-0.15, -0.1) is 11.3 Å². The van der Waals surface area contributed by atoms with Crippen LogP contribution in [0.15, 0.2) is 17.5 Å². The van der Waals surface area contributed by atoms with Crippen molar-refractivity contribution in [2.45, 2.75) is 26.2 Å². The van der Waals surface area contributed by atoms with Gasteiger partial charge in [-0.25, -0.2) is 0 Å². The van der Waals surface area contributed by atoms with Crippen LogP contribution in [0.2, 0.25) is 0 Å². The summed E-state index contributed by atoms with van der Waals surface area (Å²) >= 11 is 1.83. The molecule has 0 aliphatic carbocycles. The van der Waals surface area contributed by atoms with Gasteiger partial charge in [-0.05, 0) is 49.7 Å². The fourth-order valence-electron chi connectivity index (χ4n) is 2.63. The first-order valence-electron chi connectivity index (χ1n) is 6.71. The lowest BCUT2D eigenvalue weighted by Gasteiger charge is -2.33. The van der Waals surface area contributed by atoms with E-state index in [1.807, 2.05) is 18.3 Å². The van der Waals surface area contributed by atoms with Crippen molar-refractivity contribution in [3.8, 4) is 0 Å². The molecule has 18 heavy (non-hydrogen) atoms. The van der Waals surface area contributed by atoms with E-state index in [0.717, 1.165) is 38.9 Å². The summed E-state index contributed by atoms with van der Waals surface area (Å²) in [5.41, 5.74) is 5.37. The second kappa shape index (κ2) is 6.34. The third kappa shape index (κ3) is 3.56.